The lowest BCUT2D eigenvalue weighted by atomic mass is 9.94. The van der Waals surface area contributed by atoms with Gasteiger partial charge in [0.25, 0.3) is 0 Å². The summed E-state index contributed by atoms with van der Waals surface area (Å²) in [5, 5.41) is 1.24. The van der Waals surface area contributed by atoms with Gasteiger partial charge in [0.1, 0.15) is 0 Å². The van der Waals surface area contributed by atoms with Crippen LogP contribution >= 0.6 is 0 Å². The minimum atomic E-state index is 0.901. The van der Waals surface area contributed by atoms with Crippen LogP contribution in [0.15, 0.2) is 65.6 Å². The lowest BCUT2D eigenvalue weighted by Gasteiger charge is -2.16. The maximum absolute atomic E-state index is 4.73. The molecule has 0 saturated carbocycles. The molecule has 1 aliphatic heterocycles. The topological polar surface area (TPSA) is 41.0 Å². The van der Waals surface area contributed by atoms with Gasteiger partial charge in [-0.15, -0.1) is 0 Å². The highest BCUT2D eigenvalue weighted by atomic mass is 14.8. The van der Waals surface area contributed by atoms with Crippen molar-refractivity contribution in [3.8, 4) is 0 Å². The van der Waals surface area contributed by atoms with E-state index in [0.29, 0.717) is 0 Å². The monoisotopic (exact) mass is 287 g/mol. The summed E-state index contributed by atoms with van der Waals surface area (Å²) in [7, 11) is 0. The Labute approximate surface area is 129 Å². The molecule has 3 aromatic rings. The van der Waals surface area contributed by atoms with Crippen LogP contribution in [0.1, 0.15) is 24.0 Å². The molecule has 2 aromatic heterocycles. The highest BCUT2D eigenvalue weighted by molar-refractivity contribution is 6.15. The van der Waals surface area contributed by atoms with Crippen molar-refractivity contribution in [3.05, 3.63) is 71.7 Å². The smallest absolute Gasteiger partial charge is 0.0694 e. The Morgan fingerprint density at radius 2 is 2.14 bits per heavy atom. The van der Waals surface area contributed by atoms with Gasteiger partial charge in [0.15, 0.2) is 0 Å². The number of hydrogen-bond acceptors (Lipinski definition) is 2. The number of benzene rings is 1. The van der Waals surface area contributed by atoms with Gasteiger partial charge in [0, 0.05) is 36.2 Å². The van der Waals surface area contributed by atoms with Gasteiger partial charge in [-0.25, -0.2) is 0 Å². The zero-order valence-electron chi connectivity index (χ0n) is 12.3. The predicted molar refractivity (Wildman–Crippen MR) is 91.2 cm³/mol. The average Bonchev–Trinajstić information content (AvgIpc) is 3.04. The predicted octanol–water partition coefficient (Wildman–Crippen LogP) is 4.23. The van der Waals surface area contributed by atoms with Crippen molar-refractivity contribution in [2.75, 3.05) is 6.54 Å². The Kier molecular flexibility index (Phi) is 3.31. The minimum Gasteiger partial charge on any atom is -0.361 e. The lowest BCUT2D eigenvalue weighted by molar-refractivity contribution is 0.818. The van der Waals surface area contributed by atoms with E-state index in [1.54, 1.807) is 6.20 Å². The third-order valence-electron chi connectivity index (χ3n) is 4.03. The van der Waals surface area contributed by atoms with E-state index in [0.717, 1.165) is 30.7 Å². The first-order valence-corrected chi connectivity index (χ1v) is 7.63. The van der Waals surface area contributed by atoms with Crippen molar-refractivity contribution in [2.45, 2.75) is 12.8 Å². The second-order valence-electron chi connectivity index (χ2n) is 5.57. The number of rotatable bonds is 2. The number of nitrogens with one attached hydrogen (secondary N) is 1. The Morgan fingerprint density at radius 3 is 3.05 bits per heavy atom. The van der Waals surface area contributed by atoms with E-state index in [1.165, 1.54) is 22.0 Å². The van der Waals surface area contributed by atoms with Crippen molar-refractivity contribution in [1.82, 2.24) is 9.97 Å². The second kappa shape index (κ2) is 5.60. The molecule has 0 amide bonds. The van der Waals surface area contributed by atoms with E-state index < -0.39 is 0 Å². The average molecular weight is 287 g/mol. The van der Waals surface area contributed by atoms with Crippen LogP contribution < -0.4 is 0 Å². The second-order valence-corrected chi connectivity index (χ2v) is 5.57. The van der Waals surface area contributed by atoms with E-state index >= 15 is 0 Å². The van der Waals surface area contributed by atoms with Gasteiger partial charge in [0.2, 0.25) is 0 Å². The van der Waals surface area contributed by atoms with Crippen LogP contribution in [0.2, 0.25) is 0 Å². The SMILES string of the molecule is C(=C1CCCN=C1c1cccnc1)c1ccc2[nH]ccc2c1. The largest absolute Gasteiger partial charge is 0.361 e. The van der Waals surface area contributed by atoms with Gasteiger partial charge in [-0.1, -0.05) is 6.07 Å². The standard InChI is InChI=1S/C19H17N3/c1-4-17(13-20-8-1)19-16(3-2-9-22-19)12-14-5-6-18-15(11-14)7-10-21-18/h1,4-8,10-13,21H,2-3,9H2. The number of hydrogen-bond donors (Lipinski definition) is 1. The van der Waals surface area contributed by atoms with E-state index in [9.17, 15) is 0 Å². The summed E-state index contributed by atoms with van der Waals surface area (Å²) in [6, 6.07) is 12.7. The fraction of sp³-hybridized carbons (Fsp3) is 0.158. The summed E-state index contributed by atoms with van der Waals surface area (Å²) in [4.78, 5) is 12.2. The fourth-order valence-electron chi connectivity index (χ4n) is 2.96. The summed E-state index contributed by atoms with van der Waals surface area (Å²) < 4.78 is 0. The third-order valence-corrected chi connectivity index (χ3v) is 4.03. The summed E-state index contributed by atoms with van der Waals surface area (Å²) in [6.07, 6.45) is 10.1. The number of H-pyrrole nitrogens is 1. The van der Waals surface area contributed by atoms with Gasteiger partial charge in [-0.2, -0.15) is 0 Å². The van der Waals surface area contributed by atoms with E-state index in [-0.39, 0.29) is 0 Å². The van der Waals surface area contributed by atoms with Crippen LogP contribution in [0.4, 0.5) is 0 Å². The molecule has 0 saturated heterocycles. The molecule has 3 heterocycles. The quantitative estimate of drug-likeness (QED) is 0.753. The molecule has 1 N–H and O–H groups in total. The molecule has 3 nitrogen and oxygen atoms in total. The Morgan fingerprint density at radius 1 is 1.14 bits per heavy atom. The van der Waals surface area contributed by atoms with E-state index in [2.05, 4.69) is 46.4 Å². The number of nitrogens with zero attached hydrogens (tertiary/aromatic N) is 2. The number of aromatic nitrogens is 2. The molecule has 22 heavy (non-hydrogen) atoms. The van der Waals surface area contributed by atoms with Gasteiger partial charge in [-0.05, 0) is 65.8 Å². The van der Waals surface area contributed by atoms with E-state index in [4.69, 9.17) is 4.99 Å². The lowest BCUT2D eigenvalue weighted by Crippen LogP contribution is -2.11. The van der Waals surface area contributed by atoms with Crippen molar-refractivity contribution < 1.29 is 0 Å². The number of allylic oxidation sites excluding steroid dienone is 1. The van der Waals surface area contributed by atoms with Crippen LogP contribution in [-0.4, -0.2) is 22.2 Å². The van der Waals surface area contributed by atoms with Gasteiger partial charge in [0.05, 0.1) is 5.71 Å². The molecule has 1 aliphatic rings. The summed E-state index contributed by atoms with van der Waals surface area (Å²) >= 11 is 0. The molecule has 108 valence electrons. The van der Waals surface area contributed by atoms with Crippen molar-refractivity contribution in [3.63, 3.8) is 0 Å². The number of aromatic amines is 1. The molecule has 0 aliphatic carbocycles. The molecule has 0 fully saturated rings. The van der Waals surface area contributed by atoms with Crippen LogP contribution in [0.5, 0.6) is 0 Å². The molecule has 1 aromatic carbocycles. The normalized spacial score (nSPS) is 16.9. The van der Waals surface area contributed by atoms with Gasteiger partial charge < -0.3 is 4.98 Å². The number of fused-ring (bicyclic) bond motifs is 1. The number of aliphatic imine (C=N–C) groups is 1. The number of pyridine rings is 1. The molecule has 0 bridgehead atoms. The van der Waals surface area contributed by atoms with Crippen LogP contribution in [0, 0.1) is 0 Å². The zero-order chi connectivity index (χ0) is 14.8. The molecule has 0 spiro atoms. The fourth-order valence-corrected chi connectivity index (χ4v) is 2.96. The van der Waals surface area contributed by atoms with Crippen molar-refractivity contribution in [1.29, 1.82) is 0 Å². The van der Waals surface area contributed by atoms with Crippen LogP contribution in [0.25, 0.3) is 17.0 Å². The molecule has 4 rings (SSSR count). The molecular formula is C19H17N3. The molecule has 0 radical (unpaired) electrons. The highest BCUT2D eigenvalue weighted by Gasteiger charge is 2.14. The summed E-state index contributed by atoms with van der Waals surface area (Å²) in [6.45, 7) is 0.901. The van der Waals surface area contributed by atoms with E-state index in [1.807, 2.05) is 18.5 Å². The first-order chi connectivity index (χ1) is 10.9. The Hall–Kier alpha value is -2.68. The maximum atomic E-state index is 4.73. The summed E-state index contributed by atoms with van der Waals surface area (Å²) in [5.74, 6) is 0. The Balaban J connectivity index is 1.75. The van der Waals surface area contributed by atoms with Crippen LogP contribution in [-0.2, 0) is 0 Å². The van der Waals surface area contributed by atoms with Gasteiger partial charge >= 0.3 is 0 Å². The molecular weight excluding hydrogens is 270 g/mol. The zero-order valence-corrected chi connectivity index (χ0v) is 12.3. The van der Waals surface area contributed by atoms with Gasteiger partial charge in [-0.3, -0.25) is 9.98 Å². The first kappa shape index (κ1) is 13.0. The van der Waals surface area contributed by atoms with Crippen molar-refractivity contribution >= 4 is 22.7 Å². The maximum Gasteiger partial charge on any atom is 0.0694 e. The van der Waals surface area contributed by atoms with Crippen LogP contribution in [0.3, 0.4) is 0 Å². The summed E-state index contributed by atoms with van der Waals surface area (Å²) in [5.41, 5.74) is 5.89. The first-order valence-electron chi connectivity index (χ1n) is 7.63. The molecule has 0 atom stereocenters. The Bertz CT molecular complexity index is 857. The van der Waals surface area contributed by atoms with Crippen molar-refractivity contribution in [2.24, 2.45) is 4.99 Å². The minimum absolute atomic E-state index is 0.901. The molecule has 3 heteroatoms. The molecule has 0 unspecified atom stereocenters. The highest BCUT2D eigenvalue weighted by Crippen LogP contribution is 2.23. The third kappa shape index (κ3) is 2.46.